The van der Waals surface area contributed by atoms with Crippen molar-refractivity contribution in [3.63, 3.8) is 0 Å². The fourth-order valence-electron chi connectivity index (χ4n) is 2.28. The molecular formula is C17H13F3N2OS2Si. The number of halogens is 3. The Labute approximate surface area is 159 Å². The van der Waals surface area contributed by atoms with Gasteiger partial charge < -0.3 is 14.8 Å². The largest absolute Gasteiger partial charge is 0.435 e. The number of benzene rings is 2. The average Bonchev–Trinajstić information content (AvgIpc) is 3.02. The van der Waals surface area contributed by atoms with E-state index in [-0.39, 0.29) is 17.1 Å². The summed E-state index contributed by atoms with van der Waals surface area (Å²) in [6.07, 6.45) is 0. The van der Waals surface area contributed by atoms with Crippen LogP contribution in [0.15, 0.2) is 46.0 Å². The lowest BCUT2D eigenvalue weighted by Gasteiger charge is -2.15. The summed E-state index contributed by atoms with van der Waals surface area (Å²) in [6, 6.07) is 6.50. The van der Waals surface area contributed by atoms with Gasteiger partial charge in [-0.3, -0.25) is 0 Å². The van der Waals surface area contributed by atoms with E-state index >= 15 is 0 Å². The molecule has 0 atom stereocenters. The van der Waals surface area contributed by atoms with Crippen LogP contribution >= 0.6 is 24.0 Å². The summed E-state index contributed by atoms with van der Waals surface area (Å²) in [7, 11) is -2.55. The molecule has 3 aromatic rings. The van der Waals surface area contributed by atoms with Gasteiger partial charge in [0.05, 0.1) is 11.4 Å². The molecular weight excluding hydrogens is 397 g/mol. The number of nitrogens with one attached hydrogen (secondary N) is 2. The van der Waals surface area contributed by atoms with Crippen LogP contribution in [0.1, 0.15) is 5.56 Å². The lowest BCUT2D eigenvalue weighted by atomic mass is 10.2. The van der Waals surface area contributed by atoms with Gasteiger partial charge in [0.1, 0.15) is 11.5 Å². The SMILES string of the molecule is Cc1ccc(Nc2c(N[Si](=O)c3cscc3S)ccc(F)c2F)c(F)c1. The van der Waals surface area contributed by atoms with Crippen LogP contribution in [0.4, 0.5) is 30.2 Å². The molecule has 0 spiro atoms. The maximum atomic E-state index is 14.3. The van der Waals surface area contributed by atoms with Gasteiger partial charge in [0, 0.05) is 15.5 Å². The number of hydrogen-bond acceptors (Lipinski definition) is 4. The zero-order valence-corrected chi connectivity index (χ0v) is 16.1. The molecule has 0 bridgehead atoms. The van der Waals surface area contributed by atoms with E-state index in [1.807, 2.05) is 0 Å². The van der Waals surface area contributed by atoms with Gasteiger partial charge >= 0.3 is 8.84 Å². The molecule has 0 aliphatic rings. The highest BCUT2D eigenvalue weighted by Gasteiger charge is 2.20. The number of hydrogen-bond donors (Lipinski definition) is 3. The van der Waals surface area contributed by atoms with Crippen LogP contribution in [0, 0.1) is 24.4 Å². The maximum Gasteiger partial charge on any atom is 0.435 e. The third-order valence-corrected chi connectivity index (χ3v) is 6.72. The molecule has 3 rings (SSSR count). The first-order valence-corrected chi connectivity index (χ1v) is 10.2. The van der Waals surface area contributed by atoms with Crippen molar-refractivity contribution in [3.05, 3.63) is 64.1 Å². The van der Waals surface area contributed by atoms with Crippen molar-refractivity contribution in [2.75, 3.05) is 10.3 Å². The molecule has 2 N–H and O–H groups in total. The van der Waals surface area contributed by atoms with Crippen molar-refractivity contribution >= 4 is 55.1 Å². The minimum atomic E-state index is -2.55. The van der Waals surface area contributed by atoms with Gasteiger partial charge in [-0.2, -0.15) is 11.3 Å². The van der Waals surface area contributed by atoms with E-state index in [0.29, 0.717) is 15.6 Å². The molecule has 0 aliphatic carbocycles. The highest BCUT2D eigenvalue weighted by atomic mass is 32.1. The van der Waals surface area contributed by atoms with E-state index in [9.17, 15) is 17.6 Å². The number of rotatable bonds is 5. The Balaban J connectivity index is 1.97. The smallest absolute Gasteiger partial charge is 0.356 e. The predicted molar refractivity (Wildman–Crippen MR) is 102 cm³/mol. The molecule has 0 saturated carbocycles. The second-order valence-electron chi connectivity index (χ2n) is 5.52. The fourth-order valence-corrected chi connectivity index (χ4v) is 5.14. The molecule has 0 aliphatic heterocycles. The first-order valence-electron chi connectivity index (χ1n) is 7.44. The summed E-state index contributed by atoms with van der Waals surface area (Å²) in [4.78, 5) is 3.23. The van der Waals surface area contributed by atoms with E-state index in [4.69, 9.17) is 0 Å². The van der Waals surface area contributed by atoms with Gasteiger partial charge in [-0.05, 0) is 42.1 Å². The minimum Gasteiger partial charge on any atom is -0.356 e. The molecule has 1 heterocycles. The molecule has 134 valence electrons. The molecule has 1 aromatic heterocycles. The lowest BCUT2D eigenvalue weighted by molar-refractivity contribution is 0.512. The van der Waals surface area contributed by atoms with Crippen molar-refractivity contribution in [1.29, 1.82) is 0 Å². The average molecular weight is 411 g/mol. The Kier molecular flexibility index (Phi) is 5.49. The van der Waals surface area contributed by atoms with Crippen molar-refractivity contribution in [3.8, 4) is 0 Å². The van der Waals surface area contributed by atoms with Crippen LogP contribution in [0.3, 0.4) is 0 Å². The fraction of sp³-hybridized carbons (Fsp3) is 0.0588. The molecule has 0 unspecified atom stereocenters. The van der Waals surface area contributed by atoms with Gasteiger partial charge in [0.15, 0.2) is 11.6 Å². The van der Waals surface area contributed by atoms with Crippen LogP contribution in [0.2, 0.25) is 0 Å². The summed E-state index contributed by atoms with van der Waals surface area (Å²) in [5.74, 6) is -2.90. The Hall–Kier alpha value is -2.10. The number of thiophene rings is 1. The Bertz CT molecular complexity index is 994. The maximum absolute atomic E-state index is 14.3. The predicted octanol–water partition coefficient (Wildman–Crippen LogP) is 4.74. The topological polar surface area (TPSA) is 41.1 Å². The van der Waals surface area contributed by atoms with Crippen molar-refractivity contribution in [2.24, 2.45) is 0 Å². The monoisotopic (exact) mass is 410 g/mol. The Morgan fingerprint density at radius 3 is 2.42 bits per heavy atom. The molecule has 0 radical (unpaired) electrons. The third kappa shape index (κ3) is 3.84. The van der Waals surface area contributed by atoms with Gasteiger partial charge in [-0.25, -0.2) is 13.2 Å². The number of aryl methyl sites for hydroxylation is 1. The van der Waals surface area contributed by atoms with Crippen molar-refractivity contribution < 1.29 is 17.6 Å². The molecule has 0 fully saturated rings. The van der Waals surface area contributed by atoms with Crippen molar-refractivity contribution in [1.82, 2.24) is 0 Å². The van der Waals surface area contributed by atoms with E-state index in [0.717, 1.165) is 6.07 Å². The van der Waals surface area contributed by atoms with Crippen LogP contribution < -0.4 is 15.5 Å². The lowest BCUT2D eigenvalue weighted by Crippen LogP contribution is -2.29. The molecule has 2 aromatic carbocycles. The molecule has 26 heavy (non-hydrogen) atoms. The van der Waals surface area contributed by atoms with Gasteiger partial charge in [-0.15, -0.1) is 12.6 Å². The standard InChI is InChI=1S/C17H13F3N2OS2Si/c1-9-2-4-12(11(19)6-9)21-17-13(5-3-10(18)16(17)20)22-26(23)15-8-25-7-14(15)24/h2-8,21-22,24H,1H3. The molecule has 0 saturated heterocycles. The van der Waals surface area contributed by atoms with Gasteiger partial charge in [-0.1, -0.05) is 6.07 Å². The summed E-state index contributed by atoms with van der Waals surface area (Å²) >= 11 is 5.55. The third-order valence-electron chi connectivity index (χ3n) is 3.61. The zero-order chi connectivity index (χ0) is 18.8. The first kappa shape index (κ1) is 18.7. The van der Waals surface area contributed by atoms with E-state index < -0.39 is 26.3 Å². The molecule has 0 amide bonds. The quantitative estimate of drug-likeness (QED) is 0.420. The minimum absolute atomic E-state index is 0.0201. The summed E-state index contributed by atoms with van der Waals surface area (Å²) in [5.41, 5.74) is 0.414. The van der Waals surface area contributed by atoms with Crippen LogP contribution in [-0.2, 0) is 4.46 Å². The second-order valence-corrected chi connectivity index (χ2v) is 8.19. The summed E-state index contributed by atoms with van der Waals surface area (Å²) < 4.78 is 54.6. The molecule has 9 heteroatoms. The van der Waals surface area contributed by atoms with Crippen LogP contribution in [0.5, 0.6) is 0 Å². The highest BCUT2D eigenvalue weighted by molar-refractivity contribution is 7.80. The molecule has 3 nitrogen and oxygen atoms in total. The second kappa shape index (κ2) is 7.64. The highest BCUT2D eigenvalue weighted by Crippen LogP contribution is 2.31. The van der Waals surface area contributed by atoms with Crippen LogP contribution in [-0.4, -0.2) is 8.84 Å². The number of anilines is 3. The zero-order valence-electron chi connectivity index (χ0n) is 13.4. The first-order chi connectivity index (χ1) is 12.4. The Morgan fingerprint density at radius 2 is 1.77 bits per heavy atom. The Morgan fingerprint density at radius 1 is 1.04 bits per heavy atom. The summed E-state index contributed by atoms with van der Waals surface area (Å²) in [5, 5.41) is 6.42. The van der Waals surface area contributed by atoms with Crippen molar-refractivity contribution in [2.45, 2.75) is 11.8 Å². The van der Waals surface area contributed by atoms with E-state index in [1.165, 1.54) is 29.5 Å². The van der Waals surface area contributed by atoms with Crippen LogP contribution in [0.25, 0.3) is 0 Å². The normalized spacial score (nSPS) is 10.7. The van der Waals surface area contributed by atoms with Gasteiger partial charge in [0.25, 0.3) is 0 Å². The summed E-state index contributed by atoms with van der Waals surface area (Å²) in [6.45, 7) is 1.71. The number of thiol groups is 1. The van der Waals surface area contributed by atoms with E-state index in [2.05, 4.69) is 22.9 Å². The van der Waals surface area contributed by atoms with E-state index in [1.54, 1.807) is 23.8 Å². The van der Waals surface area contributed by atoms with Gasteiger partial charge in [0.2, 0.25) is 0 Å².